The number of nitrogens with one attached hydrogen (secondary N) is 1. The molecule has 2 atom stereocenters. The Morgan fingerprint density at radius 3 is 2.45 bits per heavy atom. The Kier molecular flexibility index (Phi) is 4.36. The molecule has 2 rings (SSSR count). The van der Waals surface area contributed by atoms with Crippen LogP contribution in [0.1, 0.15) is 18.7 Å². The molecule has 5 nitrogen and oxygen atoms in total. The van der Waals surface area contributed by atoms with Crippen molar-refractivity contribution in [3.8, 4) is 0 Å². The van der Waals surface area contributed by atoms with Gasteiger partial charge in [-0.25, -0.2) is 8.42 Å². The quantitative estimate of drug-likeness (QED) is 0.906. The number of carbonyl (C=O) groups excluding carboxylic acids is 1. The lowest BCUT2D eigenvalue weighted by atomic mass is 10.1. The molecule has 0 spiro atoms. The fourth-order valence-corrected chi connectivity index (χ4v) is 2.85. The minimum atomic E-state index is -3.11. The van der Waals surface area contributed by atoms with Gasteiger partial charge in [0, 0.05) is 17.8 Å². The molecular weight excluding hydrogens is 300 g/mol. The van der Waals surface area contributed by atoms with E-state index in [4.69, 9.17) is 11.6 Å². The van der Waals surface area contributed by atoms with Gasteiger partial charge in [-0.15, -0.1) is 0 Å². The number of nitrogens with zero attached hydrogens (tertiary/aromatic N) is 1. The van der Waals surface area contributed by atoms with E-state index in [1.54, 1.807) is 24.0 Å². The monoisotopic (exact) mass is 316 g/mol. The Bertz CT molecular complexity index is 601. The molecule has 1 aliphatic rings. The van der Waals surface area contributed by atoms with Crippen molar-refractivity contribution in [3.63, 3.8) is 0 Å². The Morgan fingerprint density at radius 1 is 1.30 bits per heavy atom. The van der Waals surface area contributed by atoms with Crippen LogP contribution in [0.3, 0.4) is 0 Å². The predicted octanol–water partition coefficient (Wildman–Crippen LogP) is 1.20. The molecule has 20 heavy (non-hydrogen) atoms. The van der Waals surface area contributed by atoms with E-state index in [1.807, 2.05) is 12.1 Å². The number of hydrogen-bond acceptors (Lipinski definition) is 4. The van der Waals surface area contributed by atoms with E-state index in [0.29, 0.717) is 5.02 Å². The molecule has 1 amide bonds. The molecule has 0 aromatic heterocycles. The number of rotatable bonds is 4. The van der Waals surface area contributed by atoms with Gasteiger partial charge in [-0.05, 0) is 24.6 Å². The molecule has 1 aromatic rings. The normalized spacial score (nSPS) is 23.4. The van der Waals surface area contributed by atoms with Gasteiger partial charge in [0.25, 0.3) is 0 Å². The minimum absolute atomic E-state index is 0.0444. The van der Waals surface area contributed by atoms with Crippen molar-refractivity contribution in [3.05, 3.63) is 34.9 Å². The zero-order chi connectivity index (χ0) is 14.9. The Morgan fingerprint density at radius 2 is 1.90 bits per heavy atom. The van der Waals surface area contributed by atoms with Crippen molar-refractivity contribution >= 4 is 27.3 Å². The van der Waals surface area contributed by atoms with E-state index in [2.05, 4.69) is 5.32 Å². The van der Waals surface area contributed by atoms with Gasteiger partial charge in [0.15, 0.2) is 0 Å². The summed E-state index contributed by atoms with van der Waals surface area (Å²) in [7, 11) is -3.11. The fourth-order valence-electron chi connectivity index (χ4n) is 2.20. The van der Waals surface area contributed by atoms with Gasteiger partial charge in [-0.3, -0.25) is 10.1 Å². The number of halogens is 1. The first kappa shape index (κ1) is 15.3. The number of carbonyl (C=O) groups is 1. The van der Waals surface area contributed by atoms with Crippen LogP contribution in [0.5, 0.6) is 0 Å². The summed E-state index contributed by atoms with van der Waals surface area (Å²) in [4.78, 5) is 13.7. The smallest absolute Gasteiger partial charge is 0.241 e. The van der Waals surface area contributed by atoms with Gasteiger partial charge in [0.05, 0.1) is 11.8 Å². The maximum atomic E-state index is 12.1. The molecule has 0 bridgehead atoms. The van der Waals surface area contributed by atoms with Gasteiger partial charge in [-0.2, -0.15) is 0 Å². The number of benzene rings is 1. The van der Waals surface area contributed by atoms with Crippen molar-refractivity contribution in [2.45, 2.75) is 19.1 Å². The van der Waals surface area contributed by atoms with Gasteiger partial charge < -0.3 is 4.90 Å². The van der Waals surface area contributed by atoms with E-state index in [-0.39, 0.29) is 30.4 Å². The molecule has 1 saturated heterocycles. The summed E-state index contributed by atoms with van der Waals surface area (Å²) in [5.41, 5.74) is 0.889. The zero-order valence-electron chi connectivity index (χ0n) is 11.3. The van der Waals surface area contributed by atoms with Crippen LogP contribution in [0.25, 0.3) is 0 Å². The third-order valence-corrected chi connectivity index (χ3v) is 4.44. The highest BCUT2D eigenvalue weighted by Crippen LogP contribution is 2.26. The van der Waals surface area contributed by atoms with Gasteiger partial charge in [0.1, 0.15) is 16.0 Å². The van der Waals surface area contributed by atoms with E-state index < -0.39 is 9.84 Å². The number of sulfone groups is 1. The van der Waals surface area contributed by atoms with Crippen molar-refractivity contribution < 1.29 is 13.2 Å². The summed E-state index contributed by atoms with van der Waals surface area (Å²) in [6, 6.07) is 6.84. The molecule has 1 fully saturated rings. The second-order valence-electron chi connectivity index (χ2n) is 5.00. The lowest BCUT2D eigenvalue weighted by Gasteiger charge is -2.24. The van der Waals surface area contributed by atoms with Crippen molar-refractivity contribution in [2.24, 2.45) is 0 Å². The lowest BCUT2D eigenvalue weighted by molar-refractivity contribution is -0.129. The first-order chi connectivity index (χ1) is 9.28. The largest absolute Gasteiger partial charge is 0.321 e. The van der Waals surface area contributed by atoms with Gasteiger partial charge in [-0.1, -0.05) is 23.7 Å². The fraction of sp³-hybridized carbons (Fsp3) is 0.462. The van der Waals surface area contributed by atoms with Crippen molar-refractivity contribution in [1.82, 2.24) is 10.2 Å². The molecule has 2 unspecified atom stereocenters. The molecule has 7 heteroatoms. The van der Waals surface area contributed by atoms with E-state index in [9.17, 15) is 13.2 Å². The average Bonchev–Trinajstić information content (AvgIpc) is 2.63. The molecule has 0 aliphatic carbocycles. The summed E-state index contributed by atoms with van der Waals surface area (Å²) >= 11 is 5.85. The lowest BCUT2D eigenvalue weighted by Crippen LogP contribution is -2.34. The molecular formula is C13H17ClN2O3S. The molecule has 1 heterocycles. The Balaban J connectivity index is 2.21. The highest BCUT2D eigenvalue weighted by molar-refractivity contribution is 7.90. The maximum Gasteiger partial charge on any atom is 0.241 e. The molecule has 1 aliphatic heterocycles. The van der Waals surface area contributed by atoms with Crippen LogP contribution in [0.2, 0.25) is 5.02 Å². The van der Waals surface area contributed by atoms with Gasteiger partial charge >= 0.3 is 0 Å². The second-order valence-corrected chi connectivity index (χ2v) is 7.70. The van der Waals surface area contributed by atoms with Crippen LogP contribution in [0.4, 0.5) is 0 Å². The molecule has 1 N–H and O–H groups in total. The topological polar surface area (TPSA) is 66.5 Å². The second kappa shape index (κ2) is 5.71. The van der Waals surface area contributed by atoms with Crippen molar-refractivity contribution in [1.29, 1.82) is 0 Å². The van der Waals surface area contributed by atoms with Crippen molar-refractivity contribution in [2.75, 3.05) is 18.6 Å². The summed E-state index contributed by atoms with van der Waals surface area (Å²) in [6.45, 7) is 1.95. The molecule has 1 aromatic carbocycles. The van der Waals surface area contributed by atoms with Crippen LogP contribution < -0.4 is 5.32 Å². The van der Waals surface area contributed by atoms with Crippen LogP contribution in [0, 0.1) is 0 Å². The summed E-state index contributed by atoms with van der Waals surface area (Å²) in [5, 5.41) is 3.78. The van der Waals surface area contributed by atoms with E-state index >= 15 is 0 Å². The van der Waals surface area contributed by atoms with Gasteiger partial charge in [0.2, 0.25) is 5.91 Å². The summed E-state index contributed by atoms with van der Waals surface area (Å²) < 4.78 is 22.6. The third-order valence-electron chi connectivity index (χ3n) is 3.26. The van der Waals surface area contributed by atoms with E-state index in [0.717, 1.165) is 5.56 Å². The molecule has 110 valence electrons. The number of amides is 1. The van der Waals surface area contributed by atoms with Crippen LogP contribution in [0.15, 0.2) is 24.3 Å². The zero-order valence-corrected chi connectivity index (χ0v) is 12.9. The third kappa shape index (κ3) is 3.50. The molecule has 0 saturated carbocycles. The number of hydrogen-bond donors (Lipinski definition) is 1. The predicted molar refractivity (Wildman–Crippen MR) is 78.2 cm³/mol. The highest BCUT2D eigenvalue weighted by atomic mass is 35.5. The summed E-state index contributed by atoms with van der Waals surface area (Å²) in [5.74, 6) is -0.134. The Hall–Kier alpha value is -1.11. The average molecular weight is 317 g/mol. The van der Waals surface area contributed by atoms with Crippen LogP contribution in [-0.2, 0) is 14.6 Å². The van der Waals surface area contributed by atoms with E-state index in [1.165, 1.54) is 6.26 Å². The first-order valence-electron chi connectivity index (χ1n) is 6.27. The first-order valence-corrected chi connectivity index (χ1v) is 8.71. The SMILES string of the molecule is CC1NC(c2ccc(Cl)cc2)N(CCS(C)(=O)=O)C1=O. The maximum absolute atomic E-state index is 12.1. The standard InChI is InChI=1S/C13H17ClN2O3S/c1-9-13(17)16(7-8-20(2,18)19)12(15-9)10-3-5-11(14)6-4-10/h3-6,9,12,15H,7-8H2,1-2H3. The Labute approximate surface area is 123 Å². The highest BCUT2D eigenvalue weighted by Gasteiger charge is 2.37. The summed E-state index contributed by atoms with van der Waals surface area (Å²) in [6.07, 6.45) is 0.860. The minimum Gasteiger partial charge on any atom is -0.321 e. The van der Waals surface area contributed by atoms with Crippen LogP contribution in [-0.4, -0.2) is 43.8 Å². The van der Waals surface area contributed by atoms with Crippen LogP contribution >= 0.6 is 11.6 Å². The molecule has 0 radical (unpaired) electrons.